The molecule has 0 aliphatic carbocycles. The monoisotopic (exact) mass is 228 g/mol. The molecular formula is C9H6Cl2N2O. The van der Waals surface area contributed by atoms with Crippen LogP contribution in [0.25, 0.3) is 0 Å². The van der Waals surface area contributed by atoms with Crippen molar-refractivity contribution in [2.45, 2.75) is 12.4 Å². The second kappa shape index (κ2) is 4.41. The topological polar surface area (TPSA) is 53.2 Å². The maximum atomic E-state index is 10.2. The maximum Gasteiger partial charge on any atom is 0.190 e. The van der Waals surface area contributed by atoms with Crippen molar-refractivity contribution in [1.29, 1.82) is 5.26 Å². The molecule has 0 saturated heterocycles. The summed E-state index contributed by atoms with van der Waals surface area (Å²) in [7, 11) is 0. The van der Waals surface area contributed by atoms with Gasteiger partial charge in [0.1, 0.15) is 6.07 Å². The fourth-order valence-electron chi connectivity index (χ4n) is 1.10. The van der Waals surface area contributed by atoms with Gasteiger partial charge in [0.25, 0.3) is 0 Å². The predicted octanol–water partition coefficient (Wildman–Crippen LogP) is 3.52. The lowest BCUT2D eigenvalue weighted by atomic mass is 10.1. The average molecular weight is 229 g/mol. The summed E-state index contributed by atoms with van der Waals surface area (Å²) in [5.41, 5.74) is 0.555. The Labute approximate surface area is 91.2 Å². The first-order valence-corrected chi connectivity index (χ1v) is 4.59. The molecule has 0 heterocycles. The van der Waals surface area contributed by atoms with Crippen LogP contribution in [0.4, 0.5) is 0 Å². The van der Waals surface area contributed by atoms with Gasteiger partial charge in [-0.1, -0.05) is 29.3 Å². The normalized spacial score (nSPS) is 11.9. The Balaban J connectivity index is 3.32. The summed E-state index contributed by atoms with van der Waals surface area (Å²) in [4.78, 5) is 10.2. The highest BCUT2D eigenvalue weighted by atomic mass is 35.5. The van der Waals surface area contributed by atoms with E-state index < -0.39 is 5.50 Å². The molecule has 1 rings (SSSR count). The number of nitrogens with zero attached hydrogens (tertiary/aromatic N) is 2. The van der Waals surface area contributed by atoms with Gasteiger partial charge < -0.3 is 0 Å². The van der Waals surface area contributed by atoms with Crippen LogP contribution >= 0.6 is 23.2 Å². The fourth-order valence-corrected chi connectivity index (χ4v) is 1.55. The molecule has 0 bridgehead atoms. The van der Waals surface area contributed by atoms with Gasteiger partial charge in [-0.15, -0.1) is 4.91 Å². The quantitative estimate of drug-likeness (QED) is 0.442. The minimum absolute atomic E-state index is 0.319. The first-order valence-electron chi connectivity index (χ1n) is 3.77. The number of hydrogen-bond donors (Lipinski definition) is 0. The van der Waals surface area contributed by atoms with Crippen molar-refractivity contribution >= 4 is 23.2 Å². The molecule has 1 aromatic rings. The van der Waals surface area contributed by atoms with E-state index in [1.807, 2.05) is 6.07 Å². The van der Waals surface area contributed by atoms with E-state index in [4.69, 9.17) is 28.5 Å². The highest BCUT2D eigenvalue weighted by Gasteiger charge is 2.14. The molecule has 0 N–H and O–H groups in total. The summed E-state index contributed by atoms with van der Waals surface area (Å²) in [5, 5.41) is 11.7. The molecule has 0 fully saturated rings. The van der Waals surface area contributed by atoms with Gasteiger partial charge in [0.2, 0.25) is 0 Å². The number of rotatable bonds is 2. The summed E-state index contributed by atoms with van der Waals surface area (Å²) in [6.45, 7) is 1.69. The highest BCUT2D eigenvalue weighted by molar-refractivity contribution is 6.32. The van der Waals surface area contributed by atoms with E-state index in [9.17, 15) is 4.91 Å². The van der Waals surface area contributed by atoms with E-state index in [0.717, 1.165) is 0 Å². The third-order valence-electron chi connectivity index (χ3n) is 1.90. The molecule has 0 saturated carbocycles. The molecule has 0 amide bonds. The predicted molar refractivity (Wildman–Crippen MR) is 55.3 cm³/mol. The Kier molecular flexibility index (Phi) is 3.45. The smallest absolute Gasteiger partial charge is 0.190 e. The molecule has 1 aromatic carbocycles. The second-order valence-corrected chi connectivity index (χ2v) is 3.49. The van der Waals surface area contributed by atoms with Crippen molar-refractivity contribution < 1.29 is 0 Å². The van der Waals surface area contributed by atoms with Crippen LogP contribution < -0.4 is 0 Å². The Hall–Kier alpha value is -1.11. The minimum Gasteiger partial charge on any atom is -0.192 e. The molecule has 0 spiro atoms. The molecule has 14 heavy (non-hydrogen) atoms. The number of nitroso groups, excluding NO2 is 1. The lowest BCUT2D eigenvalue weighted by Gasteiger charge is -2.08. The van der Waals surface area contributed by atoms with Crippen LogP contribution in [0.3, 0.4) is 0 Å². The zero-order valence-corrected chi connectivity index (χ0v) is 8.80. The van der Waals surface area contributed by atoms with Crippen molar-refractivity contribution in [1.82, 2.24) is 0 Å². The van der Waals surface area contributed by atoms with Gasteiger partial charge in [-0.05, 0) is 29.3 Å². The van der Waals surface area contributed by atoms with Crippen molar-refractivity contribution in [2.75, 3.05) is 0 Å². The Morgan fingerprint density at radius 2 is 2.21 bits per heavy atom. The molecule has 1 unspecified atom stereocenters. The highest BCUT2D eigenvalue weighted by Crippen LogP contribution is 2.31. The van der Waals surface area contributed by atoms with Gasteiger partial charge in [0.15, 0.2) is 5.50 Å². The maximum absolute atomic E-state index is 10.2. The zero-order chi connectivity index (χ0) is 10.7. The van der Waals surface area contributed by atoms with Gasteiger partial charge >= 0.3 is 0 Å². The number of halogens is 2. The van der Waals surface area contributed by atoms with Crippen molar-refractivity contribution in [2.24, 2.45) is 5.18 Å². The number of benzene rings is 1. The van der Waals surface area contributed by atoms with Gasteiger partial charge in [0, 0.05) is 0 Å². The van der Waals surface area contributed by atoms with Crippen LogP contribution in [-0.4, -0.2) is 0 Å². The minimum atomic E-state index is -0.958. The molecule has 0 aliphatic rings. The van der Waals surface area contributed by atoms with E-state index in [-0.39, 0.29) is 0 Å². The van der Waals surface area contributed by atoms with Crippen LogP contribution in [0.15, 0.2) is 17.3 Å². The summed E-state index contributed by atoms with van der Waals surface area (Å²) in [6, 6.07) is 5.04. The first kappa shape index (κ1) is 11.0. The van der Waals surface area contributed by atoms with Crippen molar-refractivity contribution in [3.05, 3.63) is 38.8 Å². The molecule has 0 aliphatic heterocycles. The van der Waals surface area contributed by atoms with E-state index in [0.29, 0.717) is 21.7 Å². The van der Waals surface area contributed by atoms with Crippen LogP contribution in [0.2, 0.25) is 5.02 Å². The molecule has 72 valence electrons. The molecule has 0 radical (unpaired) electrons. The summed E-state index contributed by atoms with van der Waals surface area (Å²) in [5.74, 6) is 0. The van der Waals surface area contributed by atoms with Crippen molar-refractivity contribution in [3.63, 3.8) is 0 Å². The average Bonchev–Trinajstić information content (AvgIpc) is 2.21. The molecular weight excluding hydrogens is 223 g/mol. The van der Waals surface area contributed by atoms with E-state index in [2.05, 4.69) is 5.18 Å². The third-order valence-corrected chi connectivity index (χ3v) is 2.70. The number of hydrogen-bond acceptors (Lipinski definition) is 3. The van der Waals surface area contributed by atoms with E-state index in [1.54, 1.807) is 13.0 Å². The Morgan fingerprint density at radius 3 is 2.71 bits per heavy atom. The molecule has 3 nitrogen and oxygen atoms in total. The van der Waals surface area contributed by atoms with Crippen LogP contribution in [0, 0.1) is 23.2 Å². The lowest BCUT2D eigenvalue weighted by Crippen LogP contribution is -1.93. The number of alkyl halides is 1. The largest absolute Gasteiger partial charge is 0.192 e. The van der Waals surface area contributed by atoms with Gasteiger partial charge in [-0.3, -0.25) is 0 Å². The van der Waals surface area contributed by atoms with Gasteiger partial charge in [-0.2, -0.15) is 5.26 Å². The molecule has 0 aromatic heterocycles. The summed E-state index contributed by atoms with van der Waals surface area (Å²) < 4.78 is 0. The third kappa shape index (κ3) is 1.87. The second-order valence-electron chi connectivity index (χ2n) is 2.69. The Morgan fingerprint density at radius 1 is 1.57 bits per heavy atom. The van der Waals surface area contributed by atoms with E-state index >= 15 is 0 Å². The Bertz CT molecular complexity index is 412. The summed E-state index contributed by atoms with van der Waals surface area (Å²) >= 11 is 11.5. The van der Waals surface area contributed by atoms with Crippen LogP contribution in [-0.2, 0) is 0 Å². The van der Waals surface area contributed by atoms with Gasteiger partial charge in [-0.25, -0.2) is 0 Å². The first-order chi connectivity index (χ1) is 6.61. The lowest BCUT2D eigenvalue weighted by molar-refractivity contribution is 0.988. The molecule has 5 heteroatoms. The molecule has 1 atom stereocenters. The van der Waals surface area contributed by atoms with Crippen LogP contribution in [0.5, 0.6) is 0 Å². The standard InChI is InChI=1S/C9H6Cl2N2O/c1-5-7(9(11)13-14)3-2-6(4-12)8(5)10/h2-3,9H,1H3. The van der Waals surface area contributed by atoms with Gasteiger partial charge in [0.05, 0.1) is 10.6 Å². The van der Waals surface area contributed by atoms with E-state index in [1.165, 1.54) is 6.07 Å². The summed E-state index contributed by atoms with van der Waals surface area (Å²) in [6.07, 6.45) is 0. The SMILES string of the molecule is Cc1c(C(Cl)N=O)ccc(C#N)c1Cl. The van der Waals surface area contributed by atoms with Crippen LogP contribution in [0.1, 0.15) is 22.2 Å². The number of nitriles is 1. The fraction of sp³-hybridized carbons (Fsp3) is 0.222. The van der Waals surface area contributed by atoms with Crippen molar-refractivity contribution in [3.8, 4) is 6.07 Å². The zero-order valence-electron chi connectivity index (χ0n) is 7.29.